The van der Waals surface area contributed by atoms with Crippen LogP contribution in [0.3, 0.4) is 0 Å². The van der Waals surface area contributed by atoms with Gasteiger partial charge in [-0.3, -0.25) is 0 Å². The minimum atomic E-state index is 0.492. The van der Waals surface area contributed by atoms with Gasteiger partial charge in [0.15, 0.2) is 0 Å². The van der Waals surface area contributed by atoms with Crippen molar-refractivity contribution < 1.29 is 0 Å². The molecule has 2 N–H and O–H groups in total. The summed E-state index contributed by atoms with van der Waals surface area (Å²) in [5.41, 5.74) is 7.84. The Bertz CT molecular complexity index is 505. The van der Waals surface area contributed by atoms with Gasteiger partial charge in [0, 0.05) is 36.1 Å². The lowest BCUT2D eigenvalue weighted by Gasteiger charge is -2.10. The highest BCUT2D eigenvalue weighted by molar-refractivity contribution is 6.30. The van der Waals surface area contributed by atoms with Crippen molar-refractivity contribution >= 4 is 11.6 Å². The number of hydrogen-bond acceptors (Lipinski definition) is 2. The van der Waals surface area contributed by atoms with E-state index in [9.17, 15) is 0 Å². The van der Waals surface area contributed by atoms with Gasteiger partial charge in [0.1, 0.15) is 5.82 Å². The summed E-state index contributed by atoms with van der Waals surface area (Å²) < 4.78 is 2.13. The van der Waals surface area contributed by atoms with Crippen LogP contribution in [0.2, 0.25) is 5.02 Å². The number of hydrogen-bond donors (Lipinski definition) is 1. The van der Waals surface area contributed by atoms with E-state index in [0.717, 1.165) is 29.9 Å². The van der Waals surface area contributed by atoms with Crippen molar-refractivity contribution in [2.24, 2.45) is 5.73 Å². The molecule has 0 bridgehead atoms. The molecule has 0 radical (unpaired) electrons. The van der Waals surface area contributed by atoms with Crippen LogP contribution in [0.4, 0.5) is 0 Å². The summed E-state index contributed by atoms with van der Waals surface area (Å²) in [6, 6.07) is 5.75. The molecule has 0 unspecified atom stereocenters. The summed E-state index contributed by atoms with van der Waals surface area (Å²) >= 11 is 6.04. The van der Waals surface area contributed by atoms with Crippen molar-refractivity contribution in [1.29, 1.82) is 0 Å². The molecule has 4 heteroatoms. The average molecular weight is 250 g/mol. The number of benzene rings is 1. The molecule has 3 nitrogen and oxygen atoms in total. The summed E-state index contributed by atoms with van der Waals surface area (Å²) in [5.74, 6) is 0.940. The second-order valence-electron chi connectivity index (χ2n) is 3.95. The zero-order valence-electron chi connectivity index (χ0n) is 9.86. The van der Waals surface area contributed by atoms with Crippen LogP contribution in [0.15, 0.2) is 30.6 Å². The van der Waals surface area contributed by atoms with E-state index in [-0.39, 0.29) is 0 Å². The fourth-order valence-corrected chi connectivity index (χ4v) is 2.08. The molecule has 0 aliphatic carbocycles. The topological polar surface area (TPSA) is 43.8 Å². The molecule has 0 amide bonds. The molecule has 1 aromatic heterocycles. The molecule has 90 valence electrons. The average Bonchev–Trinajstić information content (AvgIpc) is 2.77. The monoisotopic (exact) mass is 249 g/mol. The SMILES string of the molecule is CCCn1ccnc1-c1cc(Cl)ccc1CN. The second kappa shape index (κ2) is 5.34. The summed E-state index contributed by atoms with van der Waals surface area (Å²) in [6.07, 6.45) is 4.87. The molecule has 2 aromatic rings. The van der Waals surface area contributed by atoms with Gasteiger partial charge >= 0.3 is 0 Å². The van der Waals surface area contributed by atoms with Crippen LogP contribution in [0.25, 0.3) is 11.4 Å². The summed E-state index contributed by atoms with van der Waals surface area (Å²) in [5, 5.41) is 0.711. The van der Waals surface area contributed by atoms with E-state index < -0.39 is 0 Å². The van der Waals surface area contributed by atoms with Crippen LogP contribution in [-0.4, -0.2) is 9.55 Å². The molecular weight excluding hydrogens is 234 g/mol. The van der Waals surface area contributed by atoms with Crippen molar-refractivity contribution in [1.82, 2.24) is 9.55 Å². The second-order valence-corrected chi connectivity index (χ2v) is 4.39. The predicted octanol–water partition coefficient (Wildman–Crippen LogP) is 3.07. The zero-order valence-corrected chi connectivity index (χ0v) is 10.6. The molecule has 0 spiro atoms. The molecule has 2 rings (SSSR count). The highest BCUT2D eigenvalue weighted by Crippen LogP contribution is 2.25. The number of aryl methyl sites for hydroxylation is 1. The maximum atomic E-state index is 6.04. The fourth-order valence-electron chi connectivity index (χ4n) is 1.91. The van der Waals surface area contributed by atoms with Gasteiger partial charge in [-0.2, -0.15) is 0 Å². The number of nitrogens with zero attached hydrogens (tertiary/aromatic N) is 2. The number of rotatable bonds is 4. The molecular formula is C13H16ClN3. The van der Waals surface area contributed by atoms with Crippen molar-refractivity contribution in [3.63, 3.8) is 0 Å². The summed E-state index contributed by atoms with van der Waals surface area (Å²) in [4.78, 5) is 4.40. The quantitative estimate of drug-likeness (QED) is 0.905. The summed E-state index contributed by atoms with van der Waals surface area (Å²) in [7, 11) is 0. The molecule has 17 heavy (non-hydrogen) atoms. The summed E-state index contributed by atoms with van der Waals surface area (Å²) in [6.45, 7) is 3.59. The molecule has 0 atom stereocenters. The number of halogens is 1. The van der Waals surface area contributed by atoms with Gasteiger partial charge in [-0.05, 0) is 24.1 Å². The Labute approximate surface area is 106 Å². The minimum absolute atomic E-state index is 0.492. The lowest BCUT2D eigenvalue weighted by molar-refractivity contribution is 0.685. The van der Waals surface area contributed by atoms with E-state index >= 15 is 0 Å². The van der Waals surface area contributed by atoms with Crippen molar-refractivity contribution in [2.75, 3.05) is 0 Å². The van der Waals surface area contributed by atoms with Crippen LogP contribution in [0.5, 0.6) is 0 Å². The fraction of sp³-hybridized carbons (Fsp3) is 0.308. The Morgan fingerprint density at radius 2 is 2.24 bits per heavy atom. The standard InChI is InChI=1S/C13H16ClN3/c1-2-6-17-7-5-16-13(17)12-8-11(14)4-3-10(12)9-15/h3-5,7-8H,2,6,9,15H2,1H3. The Kier molecular flexibility index (Phi) is 3.82. The van der Waals surface area contributed by atoms with Crippen molar-refractivity contribution in [3.8, 4) is 11.4 Å². The van der Waals surface area contributed by atoms with Crippen molar-refractivity contribution in [3.05, 3.63) is 41.2 Å². The van der Waals surface area contributed by atoms with E-state index in [4.69, 9.17) is 17.3 Å². The van der Waals surface area contributed by atoms with Gasteiger partial charge in [0.25, 0.3) is 0 Å². The van der Waals surface area contributed by atoms with Gasteiger partial charge in [-0.15, -0.1) is 0 Å². The molecule has 0 aliphatic rings. The molecule has 1 aromatic carbocycles. The highest BCUT2D eigenvalue weighted by atomic mass is 35.5. The first kappa shape index (κ1) is 12.1. The smallest absolute Gasteiger partial charge is 0.140 e. The largest absolute Gasteiger partial charge is 0.331 e. The van der Waals surface area contributed by atoms with Crippen LogP contribution < -0.4 is 5.73 Å². The van der Waals surface area contributed by atoms with Gasteiger partial charge in [-0.1, -0.05) is 24.6 Å². The van der Waals surface area contributed by atoms with E-state index in [2.05, 4.69) is 16.5 Å². The third kappa shape index (κ3) is 2.51. The lowest BCUT2D eigenvalue weighted by atomic mass is 10.1. The first-order valence-corrected chi connectivity index (χ1v) is 6.14. The Balaban J connectivity index is 2.51. The molecule has 1 heterocycles. The first-order chi connectivity index (χ1) is 8.26. The Morgan fingerprint density at radius 3 is 2.94 bits per heavy atom. The van der Waals surface area contributed by atoms with Crippen LogP contribution >= 0.6 is 11.6 Å². The highest BCUT2D eigenvalue weighted by Gasteiger charge is 2.10. The minimum Gasteiger partial charge on any atom is -0.331 e. The van der Waals surface area contributed by atoms with E-state index in [1.807, 2.05) is 30.6 Å². The van der Waals surface area contributed by atoms with Crippen molar-refractivity contribution in [2.45, 2.75) is 26.4 Å². The Hall–Kier alpha value is -1.32. The normalized spacial score (nSPS) is 10.8. The van der Waals surface area contributed by atoms with Gasteiger partial charge in [0.05, 0.1) is 0 Å². The van der Waals surface area contributed by atoms with E-state index in [1.54, 1.807) is 0 Å². The van der Waals surface area contributed by atoms with Crippen LogP contribution in [-0.2, 0) is 13.1 Å². The van der Waals surface area contributed by atoms with E-state index in [1.165, 1.54) is 0 Å². The first-order valence-electron chi connectivity index (χ1n) is 5.76. The zero-order chi connectivity index (χ0) is 12.3. The lowest BCUT2D eigenvalue weighted by Crippen LogP contribution is -2.04. The maximum Gasteiger partial charge on any atom is 0.140 e. The van der Waals surface area contributed by atoms with E-state index in [0.29, 0.717) is 11.6 Å². The van der Waals surface area contributed by atoms with Gasteiger partial charge < -0.3 is 10.3 Å². The molecule has 0 saturated carbocycles. The van der Waals surface area contributed by atoms with Crippen LogP contribution in [0, 0.1) is 0 Å². The molecule has 0 saturated heterocycles. The number of nitrogens with two attached hydrogens (primary N) is 1. The molecule has 0 fully saturated rings. The number of aromatic nitrogens is 2. The van der Waals surface area contributed by atoms with Crippen LogP contribution in [0.1, 0.15) is 18.9 Å². The Morgan fingerprint density at radius 1 is 1.41 bits per heavy atom. The van der Waals surface area contributed by atoms with Gasteiger partial charge in [0.2, 0.25) is 0 Å². The van der Waals surface area contributed by atoms with Gasteiger partial charge in [-0.25, -0.2) is 4.98 Å². The third-order valence-corrected chi connectivity index (χ3v) is 2.95. The molecule has 0 aliphatic heterocycles. The number of imidazole rings is 1. The predicted molar refractivity (Wildman–Crippen MR) is 70.9 cm³/mol. The maximum absolute atomic E-state index is 6.04. The third-order valence-electron chi connectivity index (χ3n) is 2.71.